The maximum Gasteiger partial charge on any atom is 0.337 e. The van der Waals surface area contributed by atoms with Gasteiger partial charge in [-0.2, -0.15) is 4.68 Å². The summed E-state index contributed by atoms with van der Waals surface area (Å²) in [5.41, 5.74) is 1.03. The van der Waals surface area contributed by atoms with Gasteiger partial charge in [0.05, 0.1) is 24.1 Å². The van der Waals surface area contributed by atoms with Gasteiger partial charge < -0.3 is 9.64 Å². The van der Waals surface area contributed by atoms with Crippen LogP contribution in [-0.2, 0) is 9.53 Å². The van der Waals surface area contributed by atoms with Gasteiger partial charge in [0.2, 0.25) is 11.1 Å². The number of hydrogen-bond donors (Lipinski definition) is 0. The molecule has 8 nitrogen and oxygen atoms in total. The van der Waals surface area contributed by atoms with E-state index >= 15 is 0 Å². The summed E-state index contributed by atoms with van der Waals surface area (Å²) in [7, 11) is 1.33. The van der Waals surface area contributed by atoms with E-state index in [1.165, 1.54) is 23.6 Å². The molecule has 128 valence electrons. The third-order valence-corrected chi connectivity index (χ3v) is 4.30. The number of carbonyl (C=O) groups excluding carboxylic acids is 2. The summed E-state index contributed by atoms with van der Waals surface area (Å²) in [6.07, 6.45) is 0. The number of ether oxygens (including phenoxy) is 1. The van der Waals surface area contributed by atoms with Crippen LogP contribution in [0.15, 0.2) is 29.4 Å². The van der Waals surface area contributed by atoms with E-state index in [4.69, 9.17) is 4.74 Å². The molecular weight excluding hydrogens is 330 g/mol. The van der Waals surface area contributed by atoms with E-state index in [2.05, 4.69) is 15.5 Å². The molecule has 1 aromatic carbocycles. The van der Waals surface area contributed by atoms with E-state index in [0.29, 0.717) is 29.5 Å². The van der Waals surface area contributed by atoms with Crippen LogP contribution in [0.5, 0.6) is 0 Å². The number of esters is 1. The molecule has 0 bridgehead atoms. The van der Waals surface area contributed by atoms with Crippen LogP contribution in [0.3, 0.4) is 0 Å². The maximum absolute atomic E-state index is 12.1. The minimum atomic E-state index is -0.434. The van der Waals surface area contributed by atoms with Crippen LogP contribution in [0.4, 0.5) is 0 Å². The first-order valence-electron chi connectivity index (χ1n) is 7.48. The van der Waals surface area contributed by atoms with Gasteiger partial charge in [0.15, 0.2) is 0 Å². The minimum absolute atomic E-state index is 0.0304. The first kappa shape index (κ1) is 17.9. The zero-order chi connectivity index (χ0) is 17.5. The molecule has 0 N–H and O–H groups in total. The number of carbonyl (C=O) groups is 2. The Morgan fingerprint density at radius 3 is 2.71 bits per heavy atom. The lowest BCUT2D eigenvalue weighted by Gasteiger charge is -2.17. The fourth-order valence-electron chi connectivity index (χ4n) is 2.11. The molecule has 2 rings (SSSR count). The van der Waals surface area contributed by atoms with Crippen molar-refractivity contribution in [1.29, 1.82) is 0 Å². The predicted octanol–water partition coefficient (Wildman–Crippen LogP) is 1.41. The number of thioether (sulfide) groups is 1. The summed E-state index contributed by atoms with van der Waals surface area (Å²) in [5, 5.41) is 12.0. The maximum atomic E-state index is 12.1. The molecule has 1 heterocycles. The van der Waals surface area contributed by atoms with Crippen molar-refractivity contribution in [3.63, 3.8) is 0 Å². The van der Waals surface area contributed by atoms with E-state index in [1.54, 1.807) is 29.2 Å². The van der Waals surface area contributed by atoms with Gasteiger partial charge in [0.25, 0.3) is 0 Å². The summed E-state index contributed by atoms with van der Waals surface area (Å²) in [5.74, 6) is -0.155. The highest BCUT2D eigenvalue weighted by molar-refractivity contribution is 7.99. The van der Waals surface area contributed by atoms with E-state index < -0.39 is 5.97 Å². The number of hydrogen-bond acceptors (Lipinski definition) is 7. The fraction of sp³-hybridized carbons (Fsp3) is 0.400. The van der Waals surface area contributed by atoms with Crippen molar-refractivity contribution in [3.8, 4) is 5.69 Å². The molecule has 24 heavy (non-hydrogen) atoms. The normalized spacial score (nSPS) is 10.5. The highest BCUT2D eigenvalue weighted by atomic mass is 32.2. The second-order valence-corrected chi connectivity index (χ2v) is 5.71. The van der Waals surface area contributed by atoms with Crippen LogP contribution in [0.1, 0.15) is 24.2 Å². The zero-order valence-corrected chi connectivity index (χ0v) is 14.6. The van der Waals surface area contributed by atoms with Crippen molar-refractivity contribution >= 4 is 23.6 Å². The lowest BCUT2D eigenvalue weighted by Crippen LogP contribution is -2.31. The van der Waals surface area contributed by atoms with Gasteiger partial charge in [-0.05, 0) is 42.5 Å². The molecular formula is C15H19N5O3S. The molecule has 0 atom stereocenters. The summed E-state index contributed by atoms with van der Waals surface area (Å²) < 4.78 is 6.21. The van der Waals surface area contributed by atoms with Crippen LogP contribution in [0.25, 0.3) is 5.69 Å². The van der Waals surface area contributed by atoms with Crippen molar-refractivity contribution < 1.29 is 14.3 Å². The second kappa shape index (κ2) is 8.44. The Kier molecular flexibility index (Phi) is 6.30. The Balaban J connectivity index is 2.16. The molecule has 9 heteroatoms. The first-order valence-corrected chi connectivity index (χ1v) is 8.47. The molecule has 1 aromatic heterocycles. The molecule has 0 fully saturated rings. The van der Waals surface area contributed by atoms with Gasteiger partial charge in [-0.3, -0.25) is 4.79 Å². The monoisotopic (exact) mass is 349 g/mol. The lowest BCUT2D eigenvalue weighted by atomic mass is 10.2. The average Bonchev–Trinajstić information content (AvgIpc) is 3.09. The lowest BCUT2D eigenvalue weighted by molar-refractivity contribution is -0.127. The van der Waals surface area contributed by atoms with E-state index in [1.807, 2.05) is 13.8 Å². The Morgan fingerprint density at radius 2 is 2.04 bits per heavy atom. The molecule has 0 aliphatic rings. The van der Waals surface area contributed by atoms with Crippen LogP contribution in [-0.4, -0.2) is 62.9 Å². The molecule has 0 aliphatic heterocycles. The minimum Gasteiger partial charge on any atom is -0.465 e. The van der Waals surface area contributed by atoms with Crippen LogP contribution >= 0.6 is 11.8 Å². The number of nitrogens with zero attached hydrogens (tertiary/aromatic N) is 5. The molecule has 0 unspecified atom stereocenters. The average molecular weight is 349 g/mol. The Labute approximate surface area is 144 Å². The van der Waals surface area contributed by atoms with Crippen molar-refractivity contribution in [2.45, 2.75) is 19.0 Å². The van der Waals surface area contributed by atoms with Crippen LogP contribution in [0, 0.1) is 0 Å². The summed E-state index contributed by atoms with van der Waals surface area (Å²) in [6.45, 7) is 5.22. The van der Waals surface area contributed by atoms with E-state index in [9.17, 15) is 9.59 Å². The van der Waals surface area contributed by atoms with Gasteiger partial charge in [0, 0.05) is 13.1 Å². The van der Waals surface area contributed by atoms with Crippen molar-refractivity contribution in [2.24, 2.45) is 0 Å². The zero-order valence-electron chi connectivity index (χ0n) is 13.8. The molecule has 0 saturated carbocycles. The van der Waals surface area contributed by atoms with Crippen molar-refractivity contribution in [1.82, 2.24) is 25.1 Å². The summed E-state index contributed by atoms with van der Waals surface area (Å²) in [4.78, 5) is 25.5. The first-order chi connectivity index (χ1) is 11.6. The van der Waals surface area contributed by atoms with E-state index in [0.717, 1.165) is 0 Å². The molecule has 2 aromatic rings. The van der Waals surface area contributed by atoms with Gasteiger partial charge >= 0.3 is 5.97 Å². The van der Waals surface area contributed by atoms with Gasteiger partial charge in [-0.1, -0.05) is 17.8 Å². The van der Waals surface area contributed by atoms with Gasteiger partial charge in [-0.15, -0.1) is 5.10 Å². The van der Waals surface area contributed by atoms with Crippen molar-refractivity contribution in [3.05, 3.63) is 29.8 Å². The third kappa shape index (κ3) is 4.10. The highest BCUT2D eigenvalue weighted by Gasteiger charge is 2.15. The number of benzene rings is 1. The Bertz CT molecular complexity index is 715. The highest BCUT2D eigenvalue weighted by Crippen LogP contribution is 2.19. The largest absolute Gasteiger partial charge is 0.465 e. The van der Waals surface area contributed by atoms with E-state index in [-0.39, 0.29) is 11.7 Å². The summed E-state index contributed by atoms with van der Waals surface area (Å²) in [6, 6.07) is 6.78. The quantitative estimate of drug-likeness (QED) is 0.551. The molecule has 1 amide bonds. The number of aromatic nitrogens is 4. The van der Waals surface area contributed by atoms with Crippen LogP contribution in [0.2, 0.25) is 0 Å². The molecule has 0 radical (unpaired) electrons. The fourth-order valence-corrected chi connectivity index (χ4v) is 2.90. The smallest absolute Gasteiger partial charge is 0.337 e. The second-order valence-electron chi connectivity index (χ2n) is 4.77. The topological polar surface area (TPSA) is 90.2 Å². The number of tetrazole rings is 1. The molecule has 0 aliphatic carbocycles. The predicted molar refractivity (Wildman–Crippen MR) is 89.1 cm³/mol. The van der Waals surface area contributed by atoms with Gasteiger partial charge in [0.1, 0.15) is 0 Å². The third-order valence-electron chi connectivity index (χ3n) is 3.39. The molecule has 0 spiro atoms. The summed E-state index contributed by atoms with van der Waals surface area (Å²) >= 11 is 1.26. The van der Waals surface area contributed by atoms with Crippen LogP contribution < -0.4 is 0 Å². The number of rotatable bonds is 7. The number of methoxy groups -OCH3 is 1. The standard InChI is InChI=1S/C15H19N5O3S/c1-4-19(5-2)13(21)10-24-15-16-17-18-20(15)12-8-6-7-11(9-12)14(22)23-3/h6-9H,4-5,10H2,1-3H3. The molecule has 0 saturated heterocycles. The Hall–Kier alpha value is -2.42. The number of amides is 1. The SMILES string of the molecule is CCN(CC)C(=O)CSc1nnnn1-c1cccc(C(=O)OC)c1. The Morgan fingerprint density at radius 1 is 1.29 bits per heavy atom. The van der Waals surface area contributed by atoms with Gasteiger partial charge in [-0.25, -0.2) is 4.79 Å². The van der Waals surface area contributed by atoms with Crippen molar-refractivity contribution in [2.75, 3.05) is 26.0 Å².